The van der Waals surface area contributed by atoms with Gasteiger partial charge in [0, 0.05) is 45.5 Å². The number of aromatic nitrogens is 1. The van der Waals surface area contributed by atoms with E-state index in [0.717, 1.165) is 5.82 Å². The maximum Gasteiger partial charge on any atom is 0.390 e. The molecule has 0 bridgehead atoms. The van der Waals surface area contributed by atoms with Crippen molar-refractivity contribution in [3.8, 4) is 0 Å². The number of pyridine rings is 1. The normalized spacial score (nSPS) is 16.7. The fourth-order valence-electron chi connectivity index (χ4n) is 2.80. The Morgan fingerprint density at radius 3 is 2.52 bits per heavy atom. The number of hydrogen-bond donors (Lipinski definition) is 2. The summed E-state index contributed by atoms with van der Waals surface area (Å²) < 4.78 is 63.3. The maximum atomic E-state index is 12.6. The minimum Gasteiger partial charge on any atom is -0.357 e. The molecule has 1 aromatic rings. The van der Waals surface area contributed by atoms with Crippen molar-refractivity contribution in [2.75, 3.05) is 56.5 Å². The lowest BCUT2D eigenvalue weighted by atomic mass is 10.3. The first-order valence-corrected chi connectivity index (χ1v) is 11.0. The van der Waals surface area contributed by atoms with Crippen LogP contribution >= 0.6 is 0 Å². The van der Waals surface area contributed by atoms with E-state index in [2.05, 4.69) is 20.6 Å². The zero-order valence-corrected chi connectivity index (χ0v) is 17.1. The van der Waals surface area contributed by atoms with Crippen molar-refractivity contribution in [3.05, 3.63) is 24.4 Å². The number of nitrogens with zero attached hydrogens (tertiary/aromatic N) is 4. The van der Waals surface area contributed by atoms with Crippen molar-refractivity contribution in [2.45, 2.75) is 19.5 Å². The number of rotatable bonds is 8. The van der Waals surface area contributed by atoms with E-state index in [-0.39, 0.29) is 18.3 Å². The molecule has 2 N–H and O–H groups in total. The average Bonchev–Trinajstić information content (AvgIpc) is 2.68. The molecule has 8 nitrogen and oxygen atoms in total. The highest BCUT2D eigenvalue weighted by Gasteiger charge is 2.27. The van der Waals surface area contributed by atoms with Crippen LogP contribution in [0.5, 0.6) is 0 Å². The van der Waals surface area contributed by atoms with Gasteiger partial charge < -0.3 is 15.5 Å². The summed E-state index contributed by atoms with van der Waals surface area (Å²) in [7, 11) is -3.48. The van der Waals surface area contributed by atoms with Crippen LogP contribution in [0.15, 0.2) is 29.4 Å². The van der Waals surface area contributed by atoms with Crippen molar-refractivity contribution >= 4 is 21.8 Å². The molecule has 2 heterocycles. The first-order valence-electron chi connectivity index (χ1n) is 9.44. The summed E-state index contributed by atoms with van der Waals surface area (Å²) in [5.74, 6) is 0.823. The Morgan fingerprint density at radius 1 is 1.21 bits per heavy atom. The molecule has 1 aliphatic heterocycles. The summed E-state index contributed by atoms with van der Waals surface area (Å²) >= 11 is 0. The van der Waals surface area contributed by atoms with Crippen LogP contribution in [0.3, 0.4) is 0 Å². The molecule has 164 valence electrons. The Balaban J connectivity index is 1.80. The van der Waals surface area contributed by atoms with Crippen LogP contribution in [0.1, 0.15) is 13.3 Å². The van der Waals surface area contributed by atoms with Crippen LogP contribution in [0.2, 0.25) is 0 Å². The Bertz CT molecular complexity index is 750. The quantitative estimate of drug-likeness (QED) is 0.468. The smallest absolute Gasteiger partial charge is 0.357 e. The van der Waals surface area contributed by atoms with Crippen LogP contribution in [-0.2, 0) is 10.0 Å². The minimum absolute atomic E-state index is 0.0562. The zero-order valence-electron chi connectivity index (χ0n) is 16.3. The van der Waals surface area contributed by atoms with Gasteiger partial charge in [-0.05, 0) is 19.1 Å². The summed E-state index contributed by atoms with van der Waals surface area (Å²) in [6.07, 6.45) is -3.60. The molecule has 1 aromatic heterocycles. The summed E-state index contributed by atoms with van der Waals surface area (Å²) in [5.41, 5.74) is 0. The molecule has 0 unspecified atom stereocenters. The molecule has 0 aliphatic carbocycles. The van der Waals surface area contributed by atoms with Gasteiger partial charge in [0.05, 0.1) is 18.7 Å². The van der Waals surface area contributed by atoms with E-state index in [1.165, 1.54) is 4.31 Å². The highest BCUT2D eigenvalue weighted by Crippen LogP contribution is 2.19. The molecule has 0 saturated carbocycles. The zero-order chi connectivity index (χ0) is 21.3. The van der Waals surface area contributed by atoms with Crippen molar-refractivity contribution in [2.24, 2.45) is 4.99 Å². The standard InChI is InChI=1S/C17H27F3N6O2S/c1-2-21-16(23-8-6-17(18,19)20)24-9-14-29(27,28)26-12-10-25(11-13-26)15-5-3-4-7-22-15/h3-5,7H,2,6,8-14H2,1H3,(H2,21,23,24). The van der Waals surface area contributed by atoms with Crippen LogP contribution in [0.25, 0.3) is 0 Å². The highest BCUT2D eigenvalue weighted by atomic mass is 32.2. The van der Waals surface area contributed by atoms with Crippen molar-refractivity contribution in [1.29, 1.82) is 0 Å². The third kappa shape index (κ3) is 8.05. The number of hydrogen-bond acceptors (Lipinski definition) is 5. The van der Waals surface area contributed by atoms with Crippen LogP contribution in [0.4, 0.5) is 19.0 Å². The van der Waals surface area contributed by atoms with Crippen molar-refractivity contribution in [1.82, 2.24) is 19.9 Å². The van der Waals surface area contributed by atoms with Gasteiger partial charge in [-0.15, -0.1) is 0 Å². The number of guanidine groups is 1. The molecular weight excluding hydrogens is 409 g/mol. The molecule has 1 saturated heterocycles. The fourth-order valence-corrected chi connectivity index (χ4v) is 4.14. The molecule has 1 aliphatic rings. The Hall–Kier alpha value is -2.08. The highest BCUT2D eigenvalue weighted by molar-refractivity contribution is 7.89. The molecule has 12 heteroatoms. The van der Waals surface area contributed by atoms with Crippen LogP contribution < -0.4 is 15.5 Å². The van der Waals surface area contributed by atoms with E-state index in [1.807, 2.05) is 23.1 Å². The predicted octanol–water partition coefficient (Wildman–Crippen LogP) is 1.04. The molecule has 1 fully saturated rings. The van der Waals surface area contributed by atoms with E-state index >= 15 is 0 Å². The topological polar surface area (TPSA) is 89.9 Å². The molecule has 0 atom stereocenters. The lowest BCUT2D eigenvalue weighted by Gasteiger charge is -2.34. The number of aliphatic imine (C=N–C) groups is 1. The lowest BCUT2D eigenvalue weighted by molar-refractivity contribution is -0.132. The second-order valence-corrected chi connectivity index (χ2v) is 8.53. The van der Waals surface area contributed by atoms with Gasteiger partial charge in [0.25, 0.3) is 0 Å². The first kappa shape index (κ1) is 23.2. The number of nitrogens with one attached hydrogen (secondary N) is 2. The first-order chi connectivity index (χ1) is 13.7. The number of halogens is 3. The van der Waals surface area contributed by atoms with E-state index in [0.29, 0.717) is 32.7 Å². The van der Waals surface area contributed by atoms with Gasteiger partial charge in [0.15, 0.2) is 5.96 Å². The van der Waals surface area contributed by atoms with E-state index in [4.69, 9.17) is 0 Å². The minimum atomic E-state index is -4.28. The molecular formula is C17H27F3N6O2S. The van der Waals surface area contributed by atoms with Gasteiger partial charge in [-0.2, -0.15) is 17.5 Å². The SMILES string of the molecule is CCNC(=NCCC(F)(F)F)NCCS(=O)(=O)N1CCN(c2ccccn2)CC1. The third-order valence-corrected chi connectivity index (χ3v) is 6.14. The lowest BCUT2D eigenvalue weighted by Crippen LogP contribution is -2.50. The molecule has 0 radical (unpaired) electrons. The van der Waals surface area contributed by atoms with E-state index in [1.54, 1.807) is 13.1 Å². The second-order valence-electron chi connectivity index (χ2n) is 6.44. The average molecular weight is 437 g/mol. The summed E-state index contributed by atoms with van der Waals surface area (Å²) in [5, 5.41) is 5.59. The van der Waals surface area contributed by atoms with Crippen molar-refractivity contribution < 1.29 is 21.6 Å². The van der Waals surface area contributed by atoms with Gasteiger partial charge in [0.2, 0.25) is 10.0 Å². The van der Waals surface area contributed by atoms with E-state index in [9.17, 15) is 21.6 Å². The van der Waals surface area contributed by atoms with E-state index < -0.39 is 29.2 Å². The number of sulfonamides is 1. The molecule has 0 spiro atoms. The predicted molar refractivity (Wildman–Crippen MR) is 106 cm³/mol. The monoisotopic (exact) mass is 436 g/mol. The van der Waals surface area contributed by atoms with Crippen molar-refractivity contribution in [3.63, 3.8) is 0 Å². The molecule has 29 heavy (non-hydrogen) atoms. The van der Waals surface area contributed by atoms with Crippen LogP contribution in [0, 0.1) is 0 Å². The van der Waals surface area contributed by atoms with Gasteiger partial charge >= 0.3 is 6.18 Å². The summed E-state index contributed by atoms with van der Waals surface area (Å²) in [6.45, 7) is 3.69. The Kier molecular flexibility index (Phi) is 8.50. The van der Waals surface area contributed by atoms with Gasteiger partial charge in [-0.3, -0.25) is 4.99 Å². The van der Waals surface area contributed by atoms with Gasteiger partial charge in [-0.1, -0.05) is 6.07 Å². The summed E-state index contributed by atoms with van der Waals surface area (Å²) in [6, 6.07) is 5.59. The number of anilines is 1. The molecule has 0 aromatic carbocycles. The second kappa shape index (κ2) is 10.6. The molecule has 0 amide bonds. The van der Waals surface area contributed by atoms with Crippen LogP contribution in [-0.4, -0.2) is 81.4 Å². The summed E-state index contributed by atoms with van der Waals surface area (Å²) in [4.78, 5) is 10.1. The van der Waals surface area contributed by atoms with Gasteiger partial charge in [0.1, 0.15) is 5.82 Å². The van der Waals surface area contributed by atoms with Gasteiger partial charge in [-0.25, -0.2) is 13.4 Å². The number of alkyl halides is 3. The maximum absolute atomic E-state index is 12.6. The third-order valence-electron chi connectivity index (χ3n) is 4.27. The largest absolute Gasteiger partial charge is 0.390 e. The molecule has 2 rings (SSSR count). The Labute approximate surface area is 169 Å². The Morgan fingerprint density at radius 2 is 1.93 bits per heavy atom. The fraction of sp³-hybridized carbons (Fsp3) is 0.647. The number of piperazine rings is 1.